The molecule has 4 bridgehead atoms. The van der Waals surface area contributed by atoms with E-state index in [-0.39, 0.29) is 141 Å². The van der Waals surface area contributed by atoms with E-state index in [0.717, 1.165) is 36.8 Å². The highest BCUT2D eigenvalue weighted by atomic mass is 35.5. The van der Waals surface area contributed by atoms with Crippen LogP contribution in [-0.2, 0) is 110 Å². The van der Waals surface area contributed by atoms with Crippen LogP contribution in [0.4, 0.5) is 4.79 Å². The molecule has 0 spiro atoms. The highest BCUT2D eigenvalue weighted by Crippen LogP contribution is 2.43. The number of halogens is 1. The number of carbonyl (C=O) groups excluding carboxylic acids is 12. The van der Waals surface area contributed by atoms with Gasteiger partial charge in [0.25, 0.3) is 23.4 Å². The van der Waals surface area contributed by atoms with Crippen molar-refractivity contribution >= 4 is 81.5 Å². The van der Waals surface area contributed by atoms with Crippen LogP contribution in [0, 0.1) is 102 Å². The molecule has 0 aromatic carbocycles. The Bertz CT molecular complexity index is 4560. The Balaban J connectivity index is 0.000000411. The minimum absolute atomic E-state index is 0.00600. The van der Waals surface area contributed by atoms with Crippen molar-refractivity contribution in [2.75, 3.05) is 69.0 Å². The molecule has 2 amide bonds. The predicted molar refractivity (Wildman–Crippen MR) is 540 cm³/mol. The van der Waals surface area contributed by atoms with Crippen LogP contribution in [-0.4, -0.2) is 272 Å². The van der Waals surface area contributed by atoms with Gasteiger partial charge in [0.05, 0.1) is 43.0 Å². The average Bonchev–Trinajstić information content (AvgIpc) is 0.775. The summed E-state index contributed by atoms with van der Waals surface area (Å²) in [5.41, 5.74) is 7.99. The van der Waals surface area contributed by atoms with Crippen LogP contribution in [0.1, 0.15) is 257 Å². The average molecular weight is 2030 g/mol. The number of allylic oxidation sites excluding steroid dienone is 12. The number of aliphatic hydroxyl groups is 4. The minimum atomic E-state index is -2.45. The molecule has 8 aliphatic rings. The molecule has 32 heteroatoms. The van der Waals surface area contributed by atoms with E-state index in [0.29, 0.717) is 114 Å². The maximum Gasteiger partial charge on any atom is 0.404 e. The van der Waals surface area contributed by atoms with Crippen molar-refractivity contribution < 1.29 is 135 Å². The predicted octanol–water partition coefficient (Wildman–Crippen LogP) is 14.1. The van der Waals surface area contributed by atoms with Gasteiger partial charge in [0, 0.05) is 135 Å². The number of nitrogens with zero attached hydrogens (tertiary/aromatic N) is 2. The number of esters is 3. The third kappa shape index (κ3) is 36.6. The Hall–Kier alpha value is -8.35. The summed E-state index contributed by atoms with van der Waals surface area (Å²) in [4.78, 5) is 166. The maximum atomic E-state index is 14.5. The van der Waals surface area contributed by atoms with Crippen LogP contribution < -0.4 is 5.73 Å². The fourth-order valence-corrected chi connectivity index (χ4v) is 21.2. The lowest BCUT2D eigenvalue weighted by Gasteiger charge is -2.42. The maximum absolute atomic E-state index is 14.5. The normalized spacial score (nSPS) is 37.5. The molecule has 6 heterocycles. The molecule has 6 fully saturated rings. The van der Waals surface area contributed by atoms with Crippen LogP contribution >= 0.6 is 11.6 Å². The van der Waals surface area contributed by atoms with E-state index in [4.69, 9.17) is 82.3 Å². The monoisotopic (exact) mass is 2020 g/mol. The number of hydrogen-bond acceptors (Lipinski definition) is 29. The molecule has 0 aromatic rings. The number of ether oxygens (including phenoxy) is 12. The molecule has 143 heavy (non-hydrogen) atoms. The van der Waals surface area contributed by atoms with Crippen LogP contribution in [0.3, 0.4) is 0 Å². The van der Waals surface area contributed by atoms with Gasteiger partial charge in [-0.25, -0.2) is 14.4 Å². The zero-order valence-corrected chi connectivity index (χ0v) is 88.9. The zero-order chi connectivity index (χ0) is 106. The molecule has 4 saturated heterocycles. The Labute approximate surface area is 853 Å². The van der Waals surface area contributed by atoms with E-state index in [1.54, 1.807) is 82.1 Å². The number of terminal acetylenes is 2. The minimum Gasteiger partial charge on any atom is -0.460 e. The summed E-state index contributed by atoms with van der Waals surface area (Å²) in [7, 11) is 9.16. The van der Waals surface area contributed by atoms with E-state index in [1.165, 1.54) is 24.0 Å². The number of nitrogens with two attached hydrogens (primary N) is 1. The van der Waals surface area contributed by atoms with Crippen LogP contribution in [0.25, 0.3) is 0 Å². The van der Waals surface area contributed by atoms with Gasteiger partial charge in [0.15, 0.2) is 24.8 Å². The lowest BCUT2D eigenvalue weighted by atomic mass is 9.74. The molecule has 0 aromatic heterocycles. The summed E-state index contributed by atoms with van der Waals surface area (Å²) >= 11 is 4.70. The van der Waals surface area contributed by atoms with Gasteiger partial charge in [-0.3, -0.25) is 43.2 Å². The fraction of sp³-hybridized carbons (Fsp3) is 0.712. The van der Waals surface area contributed by atoms with E-state index < -0.39 is 167 Å². The van der Waals surface area contributed by atoms with Crippen LogP contribution in [0.5, 0.6) is 0 Å². The van der Waals surface area contributed by atoms with Gasteiger partial charge < -0.3 is 92.8 Å². The second kappa shape index (κ2) is 60.8. The smallest absolute Gasteiger partial charge is 0.404 e. The molecule has 6 N–H and O–H groups in total. The van der Waals surface area contributed by atoms with Gasteiger partial charge >= 0.3 is 23.3 Å². The summed E-state index contributed by atoms with van der Waals surface area (Å²) in [6, 6.07) is -2.37. The molecule has 2 aliphatic carbocycles. The molecule has 6 aliphatic heterocycles. The number of carbonyl (C=O) groups is 12. The van der Waals surface area contributed by atoms with Gasteiger partial charge in [-0.1, -0.05) is 154 Å². The number of piperidine rings is 2. The quantitative estimate of drug-likeness (QED) is 0.0239. The fourth-order valence-electron chi connectivity index (χ4n) is 21.1. The Morgan fingerprint density at radius 1 is 0.497 bits per heavy atom. The number of Topliss-reactive ketones (excluding diaryl/α,β-unsaturated/α-hetero) is 6. The largest absolute Gasteiger partial charge is 0.460 e. The number of cyclic esters (lactones) is 2. The Morgan fingerprint density at radius 2 is 0.895 bits per heavy atom. The van der Waals surface area contributed by atoms with Gasteiger partial charge in [-0.15, -0.1) is 12.8 Å². The first-order chi connectivity index (χ1) is 67.7. The molecular formula is C111H166ClN3O28. The highest BCUT2D eigenvalue weighted by molar-refractivity contribution is 6.61. The first-order valence-corrected chi connectivity index (χ1v) is 51.7. The van der Waals surface area contributed by atoms with Crippen molar-refractivity contribution in [2.24, 2.45) is 82.7 Å². The molecule has 8 rings (SSSR count). The van der Waals surface area contributed by atoms with Crippen LogP contribution in [0.15, 0.2) is 95.2 Å². The summed E-state index contributed by atoms with van der Waals surface area (Å²) in [6.45, 7) is 25.4. The van der Waals surface area contributed by atoms with Crippen molar-refractivity contribution in [2.45, 2.75) is 360 Å². The van der Waals surface area contributed by atoms with Gasteiger partial charge in [0.1, 0.15) is 60.3 Å². The summed E-state index contributed by atoms with van der Waals surface area (Å²) < 4.78 is 68.5. The third-order valence-electron chi connectivity index (χ3n) is 30.2. The number of methoxy groups -OCH3 is 6. The molecule has 0 radical (unpaired) electrons. The Kier molecular flexibility index (Phi) is 52.4. The number of ketones is 6. The second-order valence-electron chi connectivity index (χ2n) is 41.3. The topological polar surface area (TPSA) is 429 Å². The lowest BCUT2D eigenvalue weighted by molar-refractivity contribution is -0.265. The van der Waals surface area contributed by atoms with Crippen molar-refractivity contribution in [1.82, 2.24) is 9.80 Å². The van der Waals surface area contributed by atoms with Crippen molar-refractivity contribution in [3.05, 3.63) is 95.2 Å². The van der Waals surface area contributed by atoms with Crippen molar-refractivity contribution in [3.8, 4) is 24.7 Å². The molecule has 0 unspecified atom stereocenters. The first kappa shape index (κ1) is 123. The van der Waals surface area contributed by atoms with Crippen molar-refractivity contribution in [1.29, 1.82) is 0 Å². The molecular weight excluding hydrogens is 1860 g/mol. The second-order valence-corrected chi connectivity index (χ2v) is 41.6. The zero-order valence-electron chi connectivity index (χ0n) is 88.2. The van der Waals surface area contributed by atoms with Gasteiger partial charge in [-0.05, 0) is 220 Å². The van der Waals surface area contributed by atoms with Gasteiger partial charge in [-0.2, -0.15) is 0 Å². The van der Waals surface area contributed by atoms with Crippen LogP contribution in [0.2, 0.25) is 0 Å². The first-order valence-electron chi connectivity index (χ1n) is 51.3. The lowest BCUT2D eigenvalue weighted by Crippen LogP contribution is -2.61. The van der Waals surface area contributed by atoms with Gasteiger partial charge in [0.2, 0.25) is 11.6 Å². The highest BCUT2D eigenvalue weighted by Gasteiger charge is 2.56. The standard InChI is InChI=1S/C56H83NO14.C51H80N2O12.C4H3ClO2/c1-12-26-69-49(59)31-42-23-22-41(30-48(42)67-10)29-37(5)47-33-45(58)36(4)28-39(7)51(61)52(68-11)50(60)38(6)27-34(2)18-14-13-15-19-35(3)46(66-9)32-43-24-21-40(8)56(65,71-43)53(62)54(63)57-25-17-16-20-44(57)55(64)70-47;1-30-16-12-11-13-17-31(2)42(61-8)28-38-21-19-36(7)51(60,65-38)48(57)49(58)53-23-15-14-18-40(53)50(59)64-43(33(4)26-37-20-22-39(52)44(27-37)62-9)29-41(54)32(3)25-35(6)46(56)47(63-10)45(55)34(5)24-30;1-2-3-7-4(5)6/h1,13-15,18-19,28,34,36-38,40-44,46-48,51-52,61,65H,16-17,20-27,29-33H2,2-11H3;11-13,16-17,25,30,32-34,36-40,42-44,46-47,56,60H,14-15,18-24,26-29,52H2,1-10H3;1H,3H2/b15-13+,18-14+,35-19+,39-28+;13-11+,16-12+,31-17+,35-25+;/t34-,36-,37-,38-,40-,41+,42-,43+,44+,46+,47+,48-,51-,52+,56-;30-,32-,33-,34-,36-,37+,38+,39+,40+,42+,43+,44-,46-,47+,51-;/m11./s1. The molecule has 31 nitrogen and oxygen atoms in total. The summed E-state index contributed by atoms with van der Waals surface area (Å²) in [5.74, 6) is -12.0. The number of amides is 2. The Morgan fingerprint density at radius 3 is 1.27 bits per heavy atom. The number of aliphatic hydroxyl groups excluding tert-OH is 2. The third-order valence-corrected chi connectivity index (χ3v) is 30.3. The van der Waals surface area contributed by atoms with E-state index in [2.05, 4.69) is 16.6 Å². The number of rotatable bonds is 16. The molecule has 800 valence electrons. The summed E-state index contributed by atoms with van der Waals surface area (Å²) in [6.07, 6.45) is 34.6. The van der Waals surface area contributed by atoms with E-state index in [9.17, 15) is 78.0 Å². The van der Waals surface area contributed by atoms with Crippen molar-refractivity contribution in [3.63, 3.8) is 0 Å². The summed E-state index contributed by atoms with van der Waals surface area (Å²) in [5, 5.41) is 46.9. The van der Waals surface area contributed by atoms with E-state index in [1.807, 2.05) is 116 Å². The number of fused-ring (bicyclic) bond motifs is 6. The molecule has 30 atom stereocenters. The SMILES string of the molecule is C#CCOC(=O)C[C@H]1CC[C@@H](C[C@@H](C)[C@@H]2CC(=O)[C@H](C)/C=C(\C)[C@@H](O)[C@@H](OC)C(=O)[C@H](C)C[C@H](C)/C=C/C=C/C=C(\C)[C@@H](OC)C[C@@H]3CC[C@@H](C)[C@@](O)(O3)C(=O)C(=O)N3CCCC[C@H]3C(=O)O2)C[C@H]1OC.C#CCOC(=O)Cl.CO[C@H]1C[C@@H]2CC[C@@H](C)[C@@](O)(O2)C(=O)C(=O)N2CCCC[C@H]2C(=O)O[C@H]([C@H](C)C[C@@H]2CC[C@H](N)[C@H](OC)C2)CC(=O)[C@H](C)/C=C(\C)[C@@H](O)[C@@H](OC)C(=O)[C@H](C)C[C@H](C)/C=C/C=C/C=C/1C. The number of hydrogen-bond donors (Lipinski definition) is 5. The molecule has 2 saturated carbocycles. The van der Waals surface area contributed by atoms with E-state index >= 15 is 0 Å².